The van der Waals surface area contributed by atoms with Crippen molar-refractivity contribution in [1.29, 1.82) is 0 Å². The van der Waals surface area contributed by atoms with E-state index in [1.165, 1.54) is 70.6 Å². The Hall–Kier alpha value is -1.44. The fourth-order valence-electron chi connectivity index (χ4n) is 3.41. The van der Waals surface area contributed by atoms with E-state index in [4.69, 9.17) is 24.9 Å². The van der Waals surface area contributed by atoms with Gasteiger partial charge in [-0.15, -0.1) is 0 Å². The number of nitrogens with one attached hydrogen (secondary N) is 1. The first-order chi connectivity index (χ1) is 16.0. The molecule has 0 saturated heterocycles. The quantitative estimate of drug-likeness (QED) is 0.126. The molecule has 0 aromatic heterocycles. The van der Waals surface area contributed by atoms with Gasteiger partial charge in [0.05, 0.1) is 13.2 Å². The maximum absolute atomic E-state index is 11.7. The number of hydrogen-bond acceptors (Lipinski definition) is 6. The first kappa shape index (κ1) is 33.7. The van der Waals surface area contributed by atoms with Crippen LogP contribution in [-0.4, -0.2) is 61.6 Å². The molecule has 0 aliphatic carbocycles. The number of carbonyl (C=O) groups excluding carboxylic acids is 2. The molecule has 0 aliphatic heterocycles. The van der Waals surface area contributed by atoms with Crippen LogP contribution in [0, 0.1) is 0 Å². The molecule has 0 heterocycles. The van der Waals surface area contributed by atoms with E-state index in [-0.39, 0.29) is 19.2 Å². The molecule has 0 radical (unpaired) electrons. The van der Waals surface area contributed by atoms with E-state index in [1.54, 1.807) is 0 Å². The van der Waals surface area contributed by atoms with Gasteiger partial charge in [-0.1, -0.05) is 70.4 Å². The number of rotatable bonds is 22. The van der Waals surface area contributed by atoms with E-state index in [0.29, 0.717) is 32.7 Å². The van der Waals surface area contributed by atoms with Crippen LogP contribution in [0.15, 0.2) is 12.2 Å². The highest BCUT2D eigenvalue weighted by Gasteiger charge is 2.09. The molecule has 7 heteroatoms. The molecule has 0 atom stereocenters. The largest absolute Gasteiger partial charge is 0.550 e. The molecule has 0 bridgehead atoms. The minimum absolute atomic E-state index is 0.0815. The van der Waals surface area contributed by atoms with E-state index < -0.39 is 5.97 Å². The van der Waals surface area contributed by atoms with Gasteiger partial charge >= 0.3 is 5.97 Å². The van der Waals surface area contributed by atoms with Crippen LogP contribution in [-0.2, 0) is 14.3 Å². The lowest BCUT2D eigenvalue weighted by Gasteiger charge is -2.17. The van der Waals surface area contributed by atoms with Crippen molar-refractivity contribution in [1.82, 2.24) is 0 Å². The number of ether oxygens (including phenoxy) is 1. The topological polar surface area (TPSA) is 111 Å². The molecule has 7 nitrogen and oxygen atoms in total. The Morgan fingerprint density at radius 1 is 0.788 bits per heavy atom. The van der Waals surface area contributed by atoms with Gasteiger partial charge in [0.25, 0.3) is 0 Å². The number of carbonyl (C=O) groups is 2. The Kier molecular flexibility index (Phi) is 29.2. The minimum Gasteiger partial charge on any atom is -0.550 e. The molecular formula is C26H51NO6. The highest BCUT2D eigenvalue weighted by atomic mass is 16.5. The summed E-state index contributed by atoms with van der Waals surface area (Å²) in [6, 6.07) is 0. The van der Waals surface area contributed by atoms with Crippen molar-refractivity contribution >= 4 is 11.9 Å². The number of aliphatic carboxylic acids is 1. The summed E-state index contributed by atoms with van der Waals surface area (Å²) in [6.45, 7) is 5.54. The lowest BCUT2D eigenvalue weighted by atomic mass is 10.1. The number of quaternary nitrogens is 1. The van der Waals surface area contributed by atoms with Crippen molar-refractivity contribution in [3.05, 3.63) is 12.2 Å². The maximum Gasteiger partial charge on any atom is 0.305 e. The Morgan fingerprint density at radius 2 is 1.24 bits per heavy atom. The summed E-state index contributed by atoms with van der Waals surface area (Å²) in [6.07, 6.45) is 21.4. The fraction of sp³-hybridized carbons (Fsp3) is 0.846. The predicted molar refractivity (Wildman–Crippen MR) is 131 cm³/mol. The first-order valence-electron chi connectivity index (χ1n) is 13.0. The molecule has 0 saturated carbocycles. The van der Waals surface area contributed by atoms with Crippen LogP contribution >= 0.6 is 0 Å². The second-order valence-electron chi connectivity index (χ2n) is 8.49. The number of hydrogen-bond donors (Lipinski definition) is 3. The molecule has 0 rings (SSSR count). The van der Waals surface area contributed by atoms with Gasteiger partial charge in [-0.3, -0.25) is 4.79 Å². The van der Waals surface area contributed by atoms with Gasteiger partial charge in [0, 0.05) is 12.4 Å². The normalized spacial score (nSPS) is 10.9. The third-order valence-corrected chi connectivity index (χ3v) is 5.29. The molecule has 3 N–H and O–H groups in total. The zero-order valence-corrected chi connectivity index (χ0v) is 21.3. The lowest BCUT2D eigenvalue weighted by Crippen LogP contribution is -3.13. The van der Waals surface area contributed by atoms with E-state index in [1.807, 2.05) is 0 Å². The zero-order chi connectivity index (χ0) is 25.0. The number of allylic oxidation sites excluding steroid dienone is 2. The molecule has 0 spiro atoms. The van der Waals surface area contributed by atoms with Crippen molar-refractivity contribution in [2.75, 3.05) is 39.5 Å². The Balaban J connectivity index is 0. The van der Waals surface area contributed by atoms with Crippen molar-refractivity contribution in [3.8, 4) is 0 Å². The van der Waals surface area contributed by atoms with E-state index in [0.717, 1.165) is 24.7 Å². The smallest absolute Gasteiger partial charge is 0.305 e. The summed E-state index contributed by atoms with van der Waals surface area (Å²) in [7, 11) is 0. The zero-order valence-electron chi connectivity index (χ0n) is 21.3. The molecule has 0 amide bonds. The van der Waals surface area contributed by atoms with Crippen LogP contribution < -0.4 is 10.0 Å². The van der Waals surface area contributed by atoms with Gasteiger partial charge < -0.3 is 29.8 Å². The summed E-state index contributed by atoms with van der Waals surface area (Å²) in [5.41, 5.74) is 0. The Morgan fingerprint density at radius 3 is 1.73 bits per heavy atom. The summed E-state index contributed by atoms with van der Waals surface area (Å²) in [5, 5.41) is 26.8. The third-order valence-electron chi connectivity index (χ3n) is 5.29. The van der Waals surface area contributed by atoms with Crippen LogP contribution in [0.1, 0.15) is 104 Å². The number of unbranched alkanes of at least 4 members (excludes halogenated alkanes) is 11. The monoisotopic (exact) mass is 473 g/mol. The van der Waals surface area contributed by atoms with Crippen molar-refractivity contribution in [2.24, 2.45) is 0 Å². The molecule has 0 aliphatic rings. The molecule has 0 aromatic carbocycles. The fourth-order valence-corrected chi connectivity index (χ4v) is 3.41. The predicted octanol–water partition coefficient (Wildman–Crippen LogP) is 2.19. The highest BCUT2D eigenvalue weighted by molar-refractivity contribution is 5.69. The van der Waals surface area contributed by atoms with Crippen molar-refractivity contribution in [3.63, 3.8) is 0 Å². The molecule has 0 aromatic rings. The van der Waals surface area contributed by atoms with Crippen molar-refractivity contribution in [2.45, 2.75) is 104 Å². The number of carboxylic acid groups (broad SMARTS) is 1. The van der Waals surface area contributed by atoms with Gasteiger partial charge in [0.15, 0.2) is 0 Å². The summed E-state index contributed by atoms with van der Waals surface area (Å²) in [4.78, 5) is 21.7. The molecule has 196 valence electrons. The first-order valence-corrected chi connectivity index (χ1v) is 13.0. The minimum atomic E-state index is -1.08. The standard InChI is InChI=1S/C24H47NO4.C2H4O2/c1-2-3-4-5-6-7-8-9-10-11-12-13-14-15-16-17-24(28)29-23-20-25(18-21-26)19-22-27;1-2(3)4/h9-10,26-27H,2-8,11-23H2,1H3;1H3,(H,3,4). The van der Waals surface area contributed by atoms with Gasteiger partial charge in [0.2, 0.25) is 0 Å². The maximum atomic E-state index is 11.7. The average molecular weight is 474 g/mol. The number of aliphatic hydroxyl groups excluding tert-OH is 2. The van der Waals surface area contributed by atoms with Crippen molar-refractivity contribution < 1.29 is 34.5 Å². The van der Waals surface area contributed by atoms with Gasteiger partial charge in [-0.05, 0) is 39.0 Å². The van der Waals surface area contributed by atoms with Gasteiger partial charge in [-0.2, -0.15) is 0 Å². The summed E-state index contributed by atoms with van der Waals surface area (Å²) < 4.78 is 5.25. The molecule has 33 heavy (non-hydrogen) atoms. The Bertz CT molecular complexity index is 446. The van der Waals surface area contributed by atoms with E-state index in [9.17, 15) is 4.79 Å². The SMILES string of the molecule is CC(=O)[O-].CCCCCCCCC=CCCCCCCCC(=O)OCC[NH+](CCO)CCO. The van der Waals surface area contributed by atoms with E-state index in [2.05, 4.69) is 19.1 Å². The van der Waals surface area contributed by atoms with Crippen LogP contribution in [0.3, 0.4) is 0 Å². The van der Waals surface area contributed by atoms with Crippen LogP contribution in [0.2, 0.25) is 0 Å². The molecular weight excluding hydrogens is 422 g/mol. The third kappa shape index (κ3) is 32.8. The van der Waals surface area contributed by atoms with Gasteiger partial charge in [0.1, 0.15) is 26.2 Å². The lowest BCUT2D eigenvalue weighted by molar-refractivity contribution is -0.900. The average Bonchev–Trinajstić information content (AvgIpc) is 2.76. The van der Waals surface area contributed by atoms with Crippen LogP contribution in [0.25, 0.3) is 0 Å². The second-order valence-corrected chi connectivity index (χ2v) is 8.49. The molecule has 0 unspecified atom stereocenters. The summed E-state index contributed by atoms with van der Waals surface area (Å²) in [5.74, 6) is -1.21. The number of carboxylic acids is 1. The van der Waals surface area contributed by atoms with Crippen LogP contribution in [0.4, 0.5) is 0 Å². The van der Waals surface area contributed by atoms with E-state index >= 15 is 0 Å². The molecule has 0 fully saturated rings. The number of esters is 1. The highest BCUT2D eigenvalue weighted by Crippen LogP contribution is 2.10. The summed E-state index contributed by atoms with van der Waals surface area (Å²) >= 11 is 0. The van der Waals surface area contributed by atoms with Gasteiger partial charge in [-0.25, -0.2) is 0 Å². The second kappa shape index (κ2) is 28.6. The van der Waals surface area contributed by atoms with Crippen LogP contribution in [0.5, 0.6) is 0 Å². The number of aliphatic hydroxyl groups is 2. The Labute approximate surface area is 202 Å².